The Morgan fingerprint density at radius 3 is 2.33 bits per heavy atom. The van der Waals surface area contributed by atoms with E-state index in [1.807, 2.05) is 0 Å². The monoisotopic (exact) mass is 206 g/mol. The minimum atomic E-state index is 0.749. The molecule has 0 aliphatic heterocycles. The molecule has 0 saturated heterocycles. The van der Waals surface area contributed by atoms with E-state index in [0.29, 0.717) is 0 Å². The summed E-state index contributed by atoms with van der Waals surface area (Å²) >= 11 is 0. The molecule has 2 radical (unpaired) electrons. The summed E-state index contributed by atoms with van der Waals surface area (Å²) in [6.45, 7) is 9.97. The maximum atomic E-state index is 3.85. The Morgan fingerprint density at radius 1 is 0.933 bits per heavy atom. The summed E-state index contributed by atoms with van der Waals surface area (Å²) in [5.74, 6) is 7.30. The highest BCUT2D eigenvalue weighted by atomic mass is 14.0. The number of hydrogen-bond donors (Lipinski definition) is 0. The SMILES string of the molecule is [CH2]CCCCCC#CCC(C)CCC[CH2]. The fraction of sp³-hybridized carbons (Fsp3) is 0.733. The first-order chi connectivity index (χ1) is 7.31. The molecule has 1 unspecified atom stereocenters. The first kappa shape index (κ1) is 14.6. The average Bonchev–Trinajstić information content (AvgIpc) is 2.25. The third-order valence-electron chi connectivity index (χ3n) is 2.57. The molecule has 0 heterocycles. The maximum Gasteiger partial charge on any atom is 0.0114 e. The minimum absolute atomic E-state index is 0.749. The molecule has 1 atom stereocenters. The first-order valence-electron chi connectivity index (χ1n) is 6.35. The van der Waals surface area contributed by atoms with Gasteiger partial charge in [-0.15, -0.1) is 11.8 Å². The van der Waals surface area contributed by atoms with Crippen molar-refractivity contribution < 1.29 is 0 Å². The van der Waals surface area contributed by atoms with E-state index in [2.05, 4.69) is 32.6 Å². The van der Waals surface area contributed by atoms with Gasteiger partial charge in [-0.2, -0.15) is 0 Å². The molecule has 15 heavy (non-hydrogen) atoms. The molecule has 0 aromatic rings. The molecule has 0 spiro atoms. The summed E-state index contributed by atoms with van der Waals surface area (Å²) < 4.78 is 0. The Labute approximate surface area is 96.8 Å². The fourth-order valence-corrected chi connectivity index (χ4v) is 1.50. The van der Waals surface area contributed by atoms with Crippen LogP contribution >= 0.6 is 0 Å². The van der Waals surface area contributed by atoms with E-state index in [1.54, 1.807) is 0 Å². The Hall–Kier alpha value is -0.440. The van der Waals surface area contributed by atoms with Gasteiger partial charge in [0.25, 0.3) is 0 Å². The van der Waals surface area contributed by atoms with Crippen molar-refractivity contribution in [3.8, 4) is 11.8 Å². The van der Waals surface area contributed by atoms with Gasteiger partial charge in [-0.1, -0.05) is 52.9 Å². The quantitative estimate of drug-likeness (QED) is 0.395. The van der Waals surface area contributed by atoms with Gasteiger partial charge in [-0.25, -0.2) is 0 Å². The second-order valence-corrected chi connectivity index (χ2v) is 4.32. The van der Waals surface area contributed by atoms with Crippen molar-refractivity contribution >= 4 is 0 Å². The van der Waals surface area contributed by atoms with Crippen LogP contribution in [0.15, 0.2) is 0 Å². The molecule has 0 bridgehead atoms. The van der Waals surface area contributed by atoms with Gasteiger partial charge in [0.2, 0.25) is 0 Å². The van der Waals surface area contributed by atoms with Crippen LogP contribution in [-0.2, 0) is 0 Å². The molecule has 0 N–H and O–H groups in total. The summed E-state index contributed by atoms with van der Waals surface area (Å²) in [5.41, 5.74) is 0. The fourth-order valence-electron chi connectivity index (χ4n) is 1.50. The van der Waals surface area contributed by atoms with Crippen molar-refractivity contribution in [3.63, 3.8) is 0 Å². The predicted molar refractivity (Wildman–Crippen MR) is 69.2 cm³/mol. The third-order valence-corrected chi connectivity index (χ3v) is 2.57. The molecule has 0 heteroatoms. The van der Waals surface area contributed by atoms with Gasteiger partial charge in [0.15, 0.2) is 0 Å². The molecule has 0 aromatic carbocycles. The molecule has 0 aliphatic carbocycles. The Morgan fingerprint density at radius 2 is 1.67 bits per heavy atom. The number of hydrogen-bond acceptors (Lipinski definition) is 0. The van der Waals surface area contributed by atoms with Crippen LogP contribution in [0.3, 0.4) is 0 Å². The van der Waals surface area contributed by atoms with E-state index in [4.69, 9.17) is 0 Å². The second-order valence-electron chi connectivity index (χ2n) is 4.32. The van der Waals surface area contributed by atoms with Gasteiger partial charge in [0, 0.05) is 12.8 Å². The van der Waals surface area contributed by atoms with Crippen molar-refractivity contribution in [2.75, 3.05) is 0 Å². The van der Waals surface area contributed by atoms with Gasteiger partial charge < -0.3 is 0 Å². The molecular weight excluding hydrogens is 180 g/mol. The van der Waals surface area contributed by atoms with E-state index in [9.17, 15) is 0 Å². The van der Waals surface area contributed by atoms with Gasteiger partial charge in [-0.05, 0) is 18.8 Å². The van der Waals surface area contributed by atoms with Crippen LogP contribution in [0.5, 0.6) is 0 Å². The standard InChI is InChI=1S/C15H26/c1-4-6-8-9-10-11-12-14-15(3)13-7-5-2/h15H,1-2,4-10,13-14H2,3H3. The zero-order valence-corrected chi connectivity index (χ0v) is 10.4. The van der Waals surface area contributed by atoms with Crippen LogP contribution in [0.2, 0.25) is 0 Å². The summed E-state index contributed by atoms with van der Waals surface area (Å²) in [5, 5.41) is 0. The van der Waals surface area contributed by atoms with Crippen LogP contribution in [0.25, 0.3) is 0 Å². The maximum absolute atomic E-state index is 3.85. The highest BCUT2D eigenvalue weighted by Gasteiger charge is 1.97. The summed E-state index contributed by atoms with van der Waals surface area (Å²) in [6, 6.07) is 0. The van der Waals surface area contributed by atoms with Crippen LogP contribution in [0.4, 0.5) is 0 Å². The van der Waals surface area contributed by atoms with Crippen molar-refractivity contribution in [2.24, 2.45) is 5.92 Å². The molecule has 0 nitrogen and oxygen atoms in total. The molecule has 86 valence electrons. The summed E-state index contributed by atoms with van der Waals surface area (Å²) in [7, 11) is 0. The average molecular weight is 206 g/mol. The second kappa shape index (κ2) is 11.6. The molecule has 0 rings (SSSR count). The lowest BCUT2D eigenvalue weighted by molar-refractivity contribution is 0.525. The Kier molecular flexibility index (Phi) is 11.3. The Balaban J connectivity index is 3.28. The van der Waals surface area contributed by atoms with Gasteiger partial charge in [-0.3, -0.25) is 0 Å². The van der Waals surface area contributed by atoms with E-state index >= 15 is 0 Å². The highest BCUT2D eigenvalue weighted by Crippen LogP contribution is 2.10. The predicted octanol–water partition coefficient (Wildman–Crippen LogP) is 4.80. The minimum Gasteiger partial charge on any atom is -0.103 e. The third kappa shape index (κ3) is 11.5. The van der Waals surface area contributed by atoms with Crippen molar-refractivity contribution in [2.45, 2.75) is 64.7 Å². The molecule has 0 saturated carbocycles. The topological polar surface area (TPSA) is 0 Å². The van der Waals surface area contributed by atoms with E-state index in [0.717, 1.165) is 31.6 Å². The van der Waals surface area contributed by atoms with Gasteiger partial charge in [0.1, 0.15) is 0 Å². The molecule has 0 aliphatic rings. The van der Waals surface area contributed by atoms with Crippen LogP contribution in [-0.4, -0.2) is 0 Å². The van der Waals surface area contributed by atoms with Crippen molar-refractivity contribution in [1.29, 1.82) is 0 Å². The van der Waals surface area contributed by atoms with E-state index < -0.39 is 0 Å². The Bertz CT molecular complexity index is 170. The zero-order valence-electron chi connectivity index (χ0n) is 10.4. The largest absolute Gasteiger partial charge is 0.103 e. The van der Waals surface area contributed by atoms with Crippen LogP contribution < -0.4 is 0 Å². The summed E-state index contributed by atoms with van der Waals surface area (Å²) in [6.07, 6.45) is 10.6. The highest BCUT2D eigenvalue weighted by molar-refractivity contribution is 4.99. The van der Waals surface area contributed by atoms with Gasteiger partial charge in [0.05, 0.1) is 0 Å². The van der Waals surface area contributed by atoms with E-state index in [1.165, 1.54) is 32.1 Å². The molecule has 0 amide bonds. The van der Waals surface area contributed by atoms with Crippen LogP contribution in [0, 0.1) is 31.6 Å². The van der Waals surface area contributed by atoms with Crippen molar-refractivity contribution in [1.82, 2.24) is 0 Å². The number of rotatable bonds is 8. The number of unbranched alkanes of at least 4 members (excludes halogenated alkanes) is 5. The first-order valence-corrected chi connectivity index (χ1v) is 6.35. The van der Waals surface area contributed by atoms with Gasteiger partial charge >= 0.3 is 0 Å². The summed E-state index contributed by atoms with van der Waals surface area (Å²) in [4.78, 5) is 0. The normalized spacial score (nSPS) is 11.9. The lowest BCUT2D eigenvalue weighted by atomic mass is 10.0. The van der Waals surface area contributed by atoms with E-state index in [-0.39, 0.29) is 0 Å². The van der Waals surface area contributed by atoms with Crippen molar-refractivity contribution in [3.05, 3.63) is 13.8 Å². The zero-order chi connectivity index (χ0) is 11.4. The molecule has 0 aromatic heterocycles. The lowest BCUT2D eigenvalue weighted by Gasteiger charge is -2.04. The molecule has 0 fully saturated rings. The molecular formula is C15H26. The lowest BCUT2D eigenvalue weighted by Crippen LogP contribution is -1.91. The smallest absolute Gasteiger partial charge is 0.0114 e. The van der Waals surface area contributed by atoms with Crippen LogP contribution in [0.1, 0.15) is 64.7 Å².